The lowest BCUT2D eigenvalue weighted by atomic mass is 10.2. The standard InChI is InChI=1S/C28H29ClN2O6/c1-3-5-16-35-23-11-13-24(14-12-23)36-19-27(32)31-30-18-20-6-15-25(26(17-20)34-4-2)37-28(33)21-7-9-22(29)10-8-21/h6-15,17-18H,3-5,16,19H2,1-2H3,(H,31,32)/b30-18-. The summed E-state index contributed by atoms with van der Waals surface area (Å²) in [7, 11) is 0. The summed E-state index contributed by atoms with van der Waals surface area (Å²) in [5, 5.41) is 4.48. The minimum absolute atomic E-state index is 0.197. The maximum Gasteiger partial charge on any atom is 0.343 e. The maximum absolute atomic E-state index is 12.4. The van der Waals surface area contributed by atoms with Crippen LogP contribution in [0.4, 0.5) is 0 Å². The third-order valence-electron chi connectivity index (χ3n) is 4.91. The molecule has 3 aromatic rings. The van der Waals surface area contributed by atoms with E-state index in [0.29, 0.717) is 40.9 Å². The molecule has 0 spiro atoms. The Morgan fingerprint density at radius 1 is 0.892 bits per heavy atom. The van der Waals surface area contributed by atoms with Gasteiger partial charge in [0.05, 0.1) is 25.0 Å². The lowest BCUT2D eigenvalue weighted by Crippen LogP contribution is -2.24. The second kappa shape index (κ2) is 14.5. The second-order valence-corrected chi connectivity index (χ2v) is 8.23. The van der Waals surface area contributed by atoms with Crippen LogP contribution in [0.25, 0.3) is 0 Å². The van der Waals surface area contributed by atoms with Crippen molar-refractivity contribution in [3.05, 3.63) is 82.9 Å². The fourth-order valence-corrected chi connectivity index (χ4v) is 3.15. The van der Waals surface area contributed by atoms with Gasteiger partial charge in [-0.3, -0.25) is 4.79 Å². The predicted octanol–water partition coefficient (Wildman–Crippen LogP) is 5.67. The maximum atomic E-state index is 12.4. The van der Waals surface area contributed by atoms with E-state index >= 15 is 0 Å². The van der Waals surface area contributed by atoms with Gasteiger partial charge in [-0.1, -0.05) is 24.9 Å². The molecule has 0 aliphatic heterocycles. The van der Waals surface area contributed by atoms with Gasteiger partial charge in [0.2, 0.25) is 0 Å². The van der Waals surface area contributed by atoms with E-state index < -0.39 is 11.9 Å². The van der Waals surface area contributed by atoms with Crippen LogP contribution in [0.5, 0.6) is 23.0 Å². The van der Waals surface area contributed by atoms with Crippen molar-refractivity contribution in [1.82, 2.24) is 5.43 Å². The number of esters is 1. The van der Waals surface area contributed by atoms with Gasteiger partial charge in [-0.25, -0.2) is 10.2 Å². The number of unbranched alkanes of at least 4 members (excludes halogenated alkanes) is 1. The highest BCUT2D eigenvalue weighted by Crippen LogP contribution is 2.29. The first-order valence-electron chi connectivity index (χ1n) is 11.9. The van der Waals surface area contributed by atoms with Crippen molar-refractivity contribution in [2.45, 2.75) is 26.7 Å². The van der Waals surface area contributed by atoms with E-state index in [0.717, 1.165) is 18.6 Å². The van der Waals surface area contributed by atoms with E-state index in [2.05, 4.69) is 17.5 Å². The number of amides is 1. The van der Waals surface area contributed by atoms with Crippen molar-refractivity contribution in [2.24, 2.45) is 5.10 Å². The average Bonchev–Trinajstić information content (AvgIpc) is 2.90. The molecule has 0 aliphatic rings. The fourth-order valence-electron chi connectivity index (χ4n) is 3.03. The summed E-state index contributed by atoms with van der Waals surface area (Å²) in [6, 6.07) is 18.4. The van der Waals surface area contributed by atoms with E-state index in [9.17, 15) is 9.59 Å². The molecule has 1 amide bonds. The molecular formula is C28H29ClN2O6. The molecule has 0 radical (unpaired) electrons. The number of hydrogen-bond acceptors (Lipinski definition) is 7. The summed E-state index contributed by atoms with van der Waals surface area (Å²) < 4.78 is 22.2. The molecule has 3 aromatic carbocycles. The highest BCUT2D eigenvalue weighted by molar-refractivity contribution is 6.30. The number of ether oxygens (including phenoxy) is 4. The Kier molecular flexibility index (Phi) is 10.8. The Hall–Kier alpha value is -4.04. The number of benzene rings is 3. The lowest BCUT2D eigenvalue weighted by molar-refractivity contribution is -0.123. The van der Waals surface area contributed by atoms with Crippen LogP contribution >= 0.6 is 11.6 Å². The molecule has 37 heavy (non-hydrogen) atoms. The van der Waals surface area contributed by atoms with Crippen molar-refractivity contribution < 1.29 is 28.5 Å². The number of carbonyl (C=O) groups is 2. The number of hydrazone groups is 1. The highest BCUT2D eigenvalue weighted by Gasteiger charge is 2.13. The van der Waals surface area contributed by atoms with Crippen LogP contribution in [0.2, 0.25) is 5.02 Å². The molecule has 1 N–H and O–H groups in total. The molecule has 0 bridgehead atoms. The highest BCUT2D eigenvalue weighted by atomic mass is 35.5. The molecule has 0 atom stereocenters. The van der Waals surface area contributed by atoms with E-state index in [1.54, 1.807) is 66.7 Å². The van der Waals surface area contributed by atoms with Gasteiger partial charge in [0.1, 0.15) is 11.5 Å². The number of hydrogen-bond donors (Lipinski definition) is 1. The van der Waals surface area contributed by atoms with Gasteiger partial charge in [-0.05, 0) is 85.6 Å². The Labute approximate surface area is 221 Å². The number of rotatable bonds is 13. The summed E-state index contributed by atoms with van der Waals surface area (Å²) in [6.45, 7) is 4.76. The molecule has 0 unspecified atom stereocenters. The largest absolute Gasteiger partial charge is 0.494 e. The molecule has 0 saturated heterocycles. The van der Waals surface area contributed by atoms with Crippen LogP contribution in [-0.2, 0) is 4.79 Å². The fraction of sp³-hybridized carbons (Fsp3) is 0.250. The molecule has 0 heterocycles. The molecular weight excluding hydrogens is 496 g/mol. The monoisotopic (exact) mass is 524 g/mol. The molecule has 0 aromatic heterocycles. The minimum Gasteiger partial charge on any atom is -0.494 e. The smallest absolute Gasteiger partial charge is 0.343 e. The SMILES string of the molecule is CCCCOc1ccc(OCC(=O)N/N=C\c2ccc(OC(=O)c3ccc(Cl)cc3)c(OCC)c2)cc1. The summed E-state index contributed by atoms with van der Waals surface area (Å²) in [6.07, 6.45) is 3.51. The molecule has 3 rings (SSSR count). The van der Waals surface area contributed by atoms with Crippen LogP contribution < -0.4 is 24.4 Å². The van der Waals surface area contributed by atoms with E-state index in [4.69, 9.17) is 30.5 Å². The van der Waals surface area contributed by atoms with Crippen molar-refractivity contribution in [3.8, 4) is 23.0 Å². The van der Waals surface area contributed by atoms with Gasteiger partial charge in [0, 0.05) is 5.02 Å². The predicted molar refractivity (Wildman–Crippen MR) is 142 cm³/mol. The molecule has 0 fully saturated rings. The number of nitrogens with zero attached hydrogens (tertiary/aromatic N) is 1. The Bertz CT molecular complexity index is 1200. The molecule has 9 heteroatoms. The first kappa shape index (κ1) is 27.5. The third-order valence-corrected chi connectivity index (χ3v) is 5.17. The van der Waals surface area contributed by atoms with Crippen molar-refractivity contribution >= 4 is 29.7 Å². The molecule has 0 aliphatic carbocycles. The summed E-state index contributed by atoms with van der Waals surface area (Å²) >= 11 is 5.87. The Balaban J connectivity index is 1.51. The molecule has 0 saturated carbocycles. The summed E-state index contributed by atoms with van der Waals surface area (Å²) in [5.74, 6) is 0.978. The van der Waals surface area contributed by atoms with Crippen molar-refractivity contribution in [3.63, 3.8) is 0 Å². The zero-order chi connectivity index (χ0) is 26.5. The summed E-state index contributed by atoms with van der Waals surface area (Å²) in [5.41, 5.74) is 3.41. The van der Waals surface area contributed by atoms with Crippen LogP contribution in [0.15, 0.2) is 71.8 Å². The van der Waals surface area contributed by atoms with Crippen molar-refractivity contribution in [1.29, 1.82) is 0 Å². The second-order valence-electron chi connectivity index (χ2n) is 7.79. The minimum atomic E-state index is -0.537. The third kappa shape index (κ3) is 9.16. The topological polar surface area (TPSA) is 95.5 Å². The van der Waals surface area contributed by atoms with Crippen LogP contribution in [-0.4, -0.2) is 37.9 Å². The van der Waals surface area contributed by atoms with Crippen LogP contribution in [0, 0.1) is 0 Å². The van der Waals surface area contributed by atoms with Crippen LogP contribution in [0.1, 0.15) is 42.6 Å². The van der Waals surface area contributed by atoms with Gasteiger partial charge in [-0.15, -0.1) is 0 Å². The van der Waals surface area contributed by atoms with Gasteiger partial charge in [0.25, 0.3) is 5.91 Å². The quantitative estimate of drug-likeness (QED) is 0.102. The zero-order valence-electron chi connectivity index (χ0n) is 20.7. The van der Waals surface area contributed by atoms with Crippen molar-refractivity contribution in [2.75, 3.05) is 19.8 Å². The van der Waals surface area contributed by atoms with Gasteiger partial charge in [-0.2, -0.15) is 5.10 Å². The number of halogens is 1. The number of nitrogens with one attached hydrogen (secondary N) is 1. The zero-order valence-corrected chi connectivity index (χ0v) is 21.5. The van der Waals surface area contributed by atoms with Gasteiger partial charge < -0.3 is 18.9 Å². The Morgan fingerprint density at radius 3 is 2.27 bits per heavy atom. The molecule has 8 nitrogen and oxygen atoms in total. The Morgan fingerprint density at radius 2 is 1.59 bits per heavy atom. The van der Waals surface area contributed by atoms with E-state index in [-0.39, 0.29) is 12.4 Å². The number of carbonyl (C=O) groups excluding carboxylic acids is 2. The van der Waals surface area contributed by atoms with Gasteiger partial charge in [0.15, 0.2) is 18.1 Å². The first-order chi connectivity index (χ1) is 18.0. The summed E-state index contributed by atoms with van der Waals surface area (Å²) in [4.78, 5) is 24.5. The van der Waals surface area contributed by atoms with E-state index in [1.807, 2.05) is 6.92 Å². The average molecular weight is 525 g/mol. The normalized spacial score (nSPS) is 10.7. The first-order valence-corrected chi connectivity index (χ1v) is 12.3. The van der Waals surface area contributed by atoms with Gasteiger partial charge >= 0.3 is 5.97 Å². The van der Waals surface area contributed by atoms with E-state index in [1.165, 1.54) is 6.21 Å². The molecule has 194 valence electrons. The van der Waals surface area contributed by atoms with Crippen LogP contribution in [0.3, 0.4) is 0 Å². The lowest BCUT2D eigenvalue weighted by Gasteiger charge is -2.11.